The molecule has 2 bridgehead atoms. The van der Waals surface area contributed by atoms with Crippen LogP contribution in [0.5, 0.6) is 0 Å². The highest BCUT2D eigenvalue weighted by molar-refractivity contribution is 6.32. The molecule has 4 atom stereocenters. The number of esters is 1. The number of ketones is 1. The lowest BCUT2D eigenvalue weighted by Gasteiger charge is -2.19. The number of fused-ring (bicyclic) bond motifs is 6. The van der Waals surface area contributed by atoms with Gasteiger partial charge in [-0.2, -0.15) is 0 Å². The number of nitrogens with zero attached hydrogens (tertiary/aromatic N) is 3. The molecule has 11 heteroatoms. The molecule has 3 aromatic carbocycles. The van der Waals surface area contributed by atoms with E-state index in [0.717, 1.165) is 18.1 Å². The summed E-state index contributed by atoms with van der Waals surface area (Å²) in [5.74, 6) is -2.10. The fraction of sp³-hybridized carbons (Fsp3) is 0.229. The van der Waals surface area contributed by atoms with E-state index in [2.05, 4.69) is 6.08 Å². The number of halogens is 1. The molecule has 230 valence electrons. The number of aromatic nitrogens is 1. The van der Waals surface area contributed by atoms with Gasteiger partial charge in [0.25, 0.3) is 5.69 Å². The number of pyridine rings is 1. The van der Waals surface area contributed by atoms with Crippen LogP contribution >= 0.6 is 11.6 Å². The smallest absolute Gasteiger partial charge is 0.339 e. The zero-order valence-corrected chi connectivity index (χ0v) is 25.5. The van der Waals surface area contributed by atoms with E-state index in [1.807, 2.05) is 19.9 Å². The number of amides is 2. The van der Waals surface area contributed by atoms with Gasteiger partial charge in [0.1, 0.15) is 5.02 Å². The Bertz CT molecular complexity index is 2060. The molecule has 3 aliphatic rings. The van der Waals surface area contributed by atoms with Crippen molar-refractivity contribution in [3.63, 3.8) is 0 Å². The average Bonchev–Trinajstić information content (AvgIpc) is 3.69. The highest BCUT2D eigenvalue weighted by Crippen LogP contribution is 2.56. The maximum atomic E-state index is 13.4. The Balaban J connectivity index is 1.15. The van der Waals surface area contributed by atoms with Crippen molar-refractivity contribution in [3.05, 3.63) is 110 Å². The van der Waals surface area contributed by atoms with Gasteiger partial charge < -0.3 is 4.74 Å². The highest BCUT2D eigenvalue weighted by Gasteiger charge is 2.60. The fourth-order valence-electron chi connectivity index (χ4n) is 7.14. The summed E-state index contributed by atoms with van der Waals surface area (Å²) in [7, 11) is 0. The number of carbonyl (C=O) groups excluding carboxylic acids is 4. The second-order valence-corrected chi connectivity index (χ2v) is 12.4. The first kappa shape index (κ1) is 29.5. The average molecular weight is 636 g/mol. The van der Waals surface area contributed by atoms with Crippen molar-refractivity contribution in [2.45, 2.75) is 20.3 Å². The summed E-state index contributed by atoms with van der Waals surface area (Å²) in [5, 5.41) is 11.6. The van der Waals surface area contributed by atoms with Crippen LogP contribution in [0.2, 0.25) is 5.02 Å². The Labute approximate surface area is 267 Å². The number of allylic oxidation sites excluding steroid dienone is 2. The van der Waals surface area contributed by atoms with Gasteiger partial charge in [-0.15, -0.1) is 0 Å². The lowest BCUT2D eigenvalue weighted by atomic mass is 9.82. The number of imide groups is 1. The van der Waals surface area contributed by atoms with E-state index >= 15 is 0 Å². The van der Waals surface area contributed by atoms with Gasteiger partial charge in [0.15, 0.2) is 6.61 Å². The first-order valence-electron chi connectivity index (χ1n) is 14.7. The highest BCUT2D eigenvalue weighted by atomic mass is 35.5. The van der Waals surface area contributed by atoms with Crippen molar-refractivity contribution in [3.8, 4) is 11.3 Å². The molecule has 1 aromatic heterocycles. The van der Waals surface area contributed by atoms with Gasteiger partial charge in [0, 0.05) is 22.6 Å². The molecule has 4 unspecified atom stereocenters. The van der Waals surface area contributed by atoms with Crippen LogP contribution in [0, 0.1) is 40.7 Å². The molecule has 2 aliphatic carbocycles. The van der Waals surface area contributed by atoms with E-state index in [9.17, 15) is 29.3 Å². The number of hydrogen-bond donors (Lipinski definition) is 0. The molecular formula is C35H26ClN3O7. The molecule has 2 amide bonds. The predicted octanol–water partition coefficient (Wildman–Crippen LogP) is 6.51. The lowest BCUT2D eigenvalue weighted by molar-refractivity contribution is -0.384. The van der Waals surface area contributed by atoms with Crippen molar-refractivity contribution in [2.75, 3.05) is 11.5 Å². The monoisotopic (exact) mass is 635 g/mol. The first-order chi connectivity index (χ1) is 22.0. The van der Waals surface area contributed by atoms with E-state index in [4.69, 9.17) is 21.3 Å². The minimum Gasteiger partial charge on any atom is -0.454 e. The number of Topliss-reactive ketones (excluding diaryl/α,β-unsaturated/α-hetero) is 1. The van der Waals surface area contributed by atoms with Gasteiger partial charge in [-0.1, -0.05) is 53.6 Å². The number of anilines is 1. The number of benzene rings is 3. The molecule has 2 fully saturated rings. The number of carbonyl (C=O) groups is 4. The number of rotatable bonds is 7. The molecule has 1 aliphatic heterocycles. The van der Waals surface area contributed by atoms with Crippen LogP contribution in [0.15, 0.2) is 78.4 Å². The Kier molecular flexibility index (Phi) is 7.05. The third-order valence-corrected chi connectivity index (χ3v) is 9.68. The van der Waals surface area contributed by atoms with Crippen molar-refractivity contribution in [1.82, 2.24) is 4.98 Å². The minimum atomic E-state index is -0.772. The summed E-state index contributed by atoms with van der Waals surface area (Å²) in [6.45, 7) is 3.25. The number of ether oxygens (including phenoxy) is 1. The van der Waals surface area contributed by atoms with Crippen LogP contribution in [0.3, 0.4) is 0 Å². The molecule has 10 nitrogen and oxygen atoms in total. The topological polar surface area (TPSA) is 137 Å². The molecule has 0 spiro atoms. The van der Waals surface area contributed by atoms with Crippen LogP contribution in [-0.4, -0.2) is 40.1 Å². The van der Waals surface area contributed by atoms with Crippen LogP contribution in [0.4, 0.5) is 11.4 Å². The SMILES string of the molecule is CC1=CC2CC1C1C(=O)N(c3ccc(-c4cc(C(=O)OCC(=O)c5ccc(Cl)c([N+](=O)[O-])c5)c5cccc(C)c5n4)cc3)C(=O)C21. The summed E-state index contributed by atoms with van der Waals surface area (Å²) in [4.78, 5) is 69.6. The number of aryl methyl sites for hydroxylation is 1. The van der Waals surface area contributed by atoms with Crippen molar-refractivity contribution in [1.29, 1.82) is 0 Å². The quantitative estimate of drug-likeness (QED) is 0.0559. The van der Waals surface area contributed by atoms with Crippen LogP contribution < -0.4 is 4.90 Å². The molecule has 1 saturated carbocycles. The molecular weight excluding hydrogens is 610 g/mol. The third-order valence-electron chi connectivity index (χ3n) is 9.36. The van der Waals surface area contributed by atoms with E-state index in [1.165, 1.54) is 22.6 Å². The summed E-state index contributed by atoms with van der Waals surface area (Å²) >= 11 is 5.85. The van der Waals surface area contributed by atoms with E-state index in [1.54, 1.807) is 42.5 Å². The standard InChI is InChI=1S/C35H26ClN3O7/c1-17-4-3-5-23-25(35(43)46-16-29(40)20-8-11-26(36)28(14-20)39(44)45)15-27(37-32(17)23)19-6-9-22(10-7-19)38-33(41)30-21-12-18(2)24(13-21)31(30)34(38)42/h3-12,14-15,21,24,30-31H,13,16H2,1-2H3. The second-order valence-electron chi connectivity index (χ2n) is 12.0. The third kappa shape index (κ3) is 4.68. The second kappa shape index (κ2) is 11.0. The van der Waals surface area contributed by atoms with Crippen LogP contribution in [-0.2, 0) is 14.3 Å². The summed E-state index contributed by atoms with van der Waals surface area (Å²) in [6.07, 6.45) is 3.00. The molecule has 0 N–H and O–H groups in total. The molecule has 4 aromatic rings. The largest absolute Gasteiger partial charge is 0.454 e. The normalized spacial score (nSPS) is 21.5. The predicted molar refractivity (Wildman–Crippen MR) is 169 cm³/mol. The first-order valence-corrected chi connectivity index (χ1v) is 15.1. The minimum absolute atomic E-state index is 0.0160. The van der Waals surface area contributed by atoms with Gasteiger partial charge in [-0.3, -0.25) is 29.4 Å². The van der Waals surface area contributed by atoms with Gasteiger partial charge in [0.05, 0.1) is 39.2 Å². The zero-order chi connectivity index (χ0) is 32.4. The zero-order valence-electron chi connectivity index (χ0n) is 24.7. The number of para-hydroxylation sites is 1. The summed E-state index contributed by atoms with van der Waals surface area (Å²) < 4.78 is 5.39. The maximum absolute atomic E-state index is 13.4. The van der Waals surface area contributed by atoms with Crippen molar-refractivity contribution in [2.24, 2.45) is 23.7 Å². The van der Waals surface area contributed by atoms with Crippen molar-refractivity contribution < 1.29 is 28.8 Å². The summed E-state index contributed by atoms with van der Waals surface area (Å²) in [5.41, 5.74) is 3.89. The summed E-state index contributed by atoms with van der Waals surface area (Å²) in [6, 6.07) is 17.5. The van der Waals surface area contributed by atoms with E-state index < -0.39 is 29.0 Å². The number of nitro benzene ring substituents is 1. The van der Waals surface area contributed by atoms with Gasteiger partial charge >= 0.3 is 5.97 Å². The fourth-order valence-corrected chi connectivity index (χ4v) is 7.32. The van der Waals surface area contributed by atoms with E-state index in [0.29, 0.717) is 27.8 Å². The molecule has 2 heterocycles. The number of nitro groups is 1. The number of hydrogen-bond acceptors (Lipinski definition) is 8. The van der Waals surface area contributed by atoms with Gasteiger partial charge in [0.2, 0.25) is 17.6 Å². The Morgan fingerprint density at radius 3 is 2.50 bits per heavy atom. The van der Waals surface area contributed by atoms with E-state index in [-0.39, 0.29) is 51.6 Å². The van der Waals surface area contributed by atoms with Crippen LogP contribution in [0.1, 0.15) is 39.6 Å². The Morgan fingerprint density at radius 2 is 1.76 bits per heavy atom. The van der Waals surface area contributed by atoms with Gasteiger partial charge in [-0.05, 0) is 68.0 Å². The molecule has 1 saturated heterocycles. The van der Waals surface area contributed by atoms with Crippen molar-refractivity contribution >= 4 is 57.4 Å². The Hall–Kier alpha value is -5.22. The molecule has 0 radical (unpaired) electrons. The maximum Gasteiger partial charge on any atom is 0.339 e. The molecule has 46 heavy (non-hydrogen) atoms. The van der Waals surface area contributed by atoms with Crippen LogP contribution in [0.25, 0.3) is 22.2 Å². The van der Waals surface area contributed by atoms with Gasteiger partial charge in [-0.25, -0.2) is 9.78 Å². The molecule has 7 rings (SSSR count). The Morgan fingerprint density at radius 1 is 1.02 bits per heavy atom. The lowest BCUT2D eigenvalue weighted by Crippen LogP contribution is -2.32.